The second-order valence-electron chi connectivity index (χ2n) is 9.29. The number of carbonyl (C=O) groups is 3. The lowest BCUT2D eigenvalue weighted by Crippen LogP contribution is -2.45. The monoisotopic (exact) mass is 477 g/mol. The van der Waals surface area contributed by atoms with Gasteiger partial charge in [0.25, 0.3) is 5.56 Å². The van der Waals surface area contributed by atoms with Gasteiger partial charge in [-0.1, -0.05) is 32.0 Å². The van der Waals surface area contributed by atoms with Crippen molar-refractivity contribution in [3.63, 3.8) is 0 Å². The second kappa shape index (κ2) is 9.25. The Bertz CT molecular complexity index is 1280. The highest BCUT2D eigenvalue weighted by molar-refractivity contribution is 6.07. The van der Waals surface area contributed by atoms with E-state index < -0.39 is 35.1 Å². The molecule has 10 heteroatoms. The fourth-order valence-corrected chi connectivity index (χ4v) is 4.97. The van der Waals surface area contributed by atoms with Gasteiger partial charge < -0.3 is 19.5 Å². The van der Waals surface area contributed by atoms with Crippen LogP contribution in [0.4, 0.5) is 16.2 Å². The molecule has 3 amide bonds. The number of amides is 3. The maximum Gasteiger partial charge on any atom is 0.411 e. The number of anilines is 2. The molecule has 2 N–H and O–H groups in total. The van der Waals surface area contributed by atoms with Gasteiger partial charge in [0, 0.05) is 24.8 Å². The van der Waals surface area contributed by atoms with Crippen LogP contribution in [0.25, 0.3) is 0 Å². The molecule has 1 unspecified atom stereocenters. The molecule has 182 valence electrons. The number of benzene rings is 1. The number of ether oxygens (including phenoxy) is 1. The molecule has 1 fully saturated rings. The third-order valence-electron chi connectivity index (χ3n) is 6.63. The Hall–Kier alpha value is -4.13. The summed E-state index contributed by atoms with van der Waals surface area (Å²) >= 11 is 0. The number of hydrogen-bond donors (Lipinski definition) is 2. The lowest BCUT2D eigenvalue weighted by Gasteiger charge is -2.29. The molecule has 35 heavy (non-hydrogen) atoms. The minimum Gasteiger partial charge on any atom is -0.453 e. The second-order valence-corrected chi connectivity index (χ2v) is 9.29. The summed E-state index contributed by atoms with van der Waals surface area (Å²) in [6.07, 6.45) is 1.18. The Morgan fingerprint density at radius 3 is 2.69 bits per heavy atom. The smallest absolute Gasteiger partial charge is 0.411 e. The Morgan fingerprint density at radius 1 is 1.26 bits per heavy atom. The normalized spacial score (nSPS) is 21.4. The molecule has 0 radical (unpaired) electrons. The van der Waals surface area contributed by atoms with Crippen LogP contribution in [-0.4, -0.2) is 47.1 Å². The highest BCUT2D eigenvalue weighted by atomic mass is 16.5. The van der Waals surface area contributed by atoms with Crippen LogP contribution in [0.3, 0.4) is 0 Å². The Balaban J connectivity index is 1.72. The van der Waals surface area contributed by atoms with Crippen LogP contribution in [-0.2, 0) is 19.7 Å². The van der Waals surface area contributed by atoms with Crippen LogP contribution in [0.1, 0.15) is 38.3 Å². The number of para-hydroxylation sites is 1. The molecule has 10 nitrogen and oxygen atoms in total. The first-order chi connectivity index (χ1) is 16.7. The minimum atomic E-state index is -1.02. The van der Waals surface area contributed by atoms with Gasteiger partial charge in [0.15, 0.2) is 0 Å². The maximum absolute atomic E-state index is 13.9. The number of fused-ring (bicyclic) bond motifs is 2. The van der Waals surface area contributed by atoms with Crippen molar-refractivity contribution in [2.75, 3.05) is 24.3 Å². The number of nitrogens with zero attached hydrogens (tertiary/aromatic N) is 3. The van der Waals surface area contributed by atoms with E-state index in [-0.39, 0.29) is 30.5 Å². The number of hydrogen-bond acceptors (Lipinski definition) is 6. The summed E-state index contributed by atoms with van der Waals surface area (Å²) in [5.74, 6) is -0.617. The van der Waals surface area contributed by atoms with Gasteiger partial charge in [-0.25, -0.2) is 4.79 Å². The molecule has 2 aromatic rings. The molecule has 2 aliphatic heterocycles. The zero-order chi connectivity index (χ0) is 25.3. The number of pyridine rings is 1. The van der Waals surface area contributed by atoms with Crippen molar-refractivity contribution in [3.05, 3.63) is 58.5 Å². The SMILES string of the molecule is COC(=O)Nc1cccn(C(CC(C)C)C(=O)N2C[C@]3(C[C@H]2C#N)C(=O)Nc2ccccc23)c1=O. The molecule has 0 bridgehead atoms. The highest BCUT2D eigenvalue weighted by Gasteiger charge is 2.56. The maximum atomic E-state index is 13.9. The molecule has 1 aromatic heterocycles. The van der Waals surface area contributed by atoms with Crippen molar-refractivity contribution < 1.29 is 19.1 Å². The average Bonchev–Trinajstić information content (AvgIpc) is 3.36. The number of carbonyl (C=O) groups excluding carboxylic acids is 3. The Morgan fingerprint density at radius 2 is 2.00 bits per heavy atom. The van der Waals surface area contributed by atoms with Crippen molar-refractivity contribution in [1.82, 2.24) is 9.47 Å². The van der Waals surface area contributed by atoms with Gasteiger partial charge in [0.2, 0.25) is 11.8 Å². The van der Waals surface area contributed by atoms with E-state index in [1.165, 1.54) is 28.8 Å². The molecule has 3 atom stereocenters. The molecular weight excluding hydrogens is 450 g/mol. The molecule has 1 spiro atoms. The van der Waals surface area contributed by atoms with Gasteiger partial charge in [-0.05, 0) is 36.1 Å². The summed E-state index contributed by atoms with van der Waals surface area (Å²) in [6.45, 7) is 3.89. The van der Waals surface area contributed by atoms with Crippen LogP contribution >= 0.6 is 0 Å². The molecule has 1 saturated heterocycles. The standard InChI is InChI=1S/C25H27N5O5/c1-15(2)11-20(29-10-6-9-19(21(29)31)28-24(34)35-3)22(32)30-14-25(12-16(30)13-26)17-7-4-5-8-18(17)27-23(25)33/h4-10,15-16,20H,11-12,14H2,1-3H3,(H,27,33)(H,28,34)/t16-,20?,25-/m0/s1. The summed E-state index contributed by atoms with van der Waals surface area (Å²) in [5, 5.41) is 15.2. The van der Waals surface area contributed by atoms with Gasteiger partial charge in [0.1, 0.15) is 17.8 Å². The highest BCUT2D eigenvalue weighted by Crippen LogP contribution is 2.46. The van der Waals surface area contributed by atoms with E-state index in [1.807, 2.05) is 32.0 Å². The summed E-state index contributed by atoms with van der Waals surface area (Å²) in [5.41, 5.74) is -0.167. The number of likely N-dealkylation sites (tertiary alicyclic amines) is 1. The molecule has 3 heterocycles. The summed E-state index contributed by atoms with van der Waals surface area (Å²) in [6, 6.07) is 10.7. The van der Waals surface area contributed by atoms with Crippen molar-refractivity contribution in [2.45, 2.75) is 44.2 Å². The topological polar surface area (TPSA) is 134 Å². The van der Waals surface area contributed by atoms with Crippen LogP contribution in [0.15, 0.2) is 47.4 Å². The predicted molar refractivity (Wildman–Crippen MR) is 128 cm³/mol. The lowest BCUT2D eigenvalue weighted by atomic mass is 9.80. The number of nitriles is 1. The first kappa shape index (κ1) is 24.0. The van der Waals surface area contributed by atoms with E-state index in [1.54, 1.807) is 12.1 Å². The van der Waals surface area contributed by atoms with Gasteiger partial charge in [-0.2, -0.15) is 5.26 Å². The van der Waals surface area contributed by atoms with Crippen LogP contribution in [0.5, 0.6) is 0 Å². The molecule has 0 saturated carbocycles. The number of aromatic nitrogens is 1. The van der Waals surface area contributed by atoms with Crippen LogP contribution in [0, 0.1) is 17.2 Å². The van der Waals surface area contributed by atoms with Crippen LogP contribution in [0.2, 0.25) is 0 Å². The summed E-state index contributed by atoms with van der Waals surface area (Å²) < 4.78 is 5.85. The number of methoxy groups -OCH3 is 1. The quantitative estimate of drug-likeness (QED) is 0.680. The average molecular weight is 478 g/mol. The Kier molecular flexibility index (Phi) is 6.35. The van der Waals surface area contributed by atoms with Gasteiger partial charge >= 0.3 is 6.09 Å². The molecule has 0 aliphatic carbocycles. The van der Waals surface area contributed by atoms with E-state index in [2.05, 4.69) is 21.4 Å². The van der Waals surface area contributed by atoms with Gasteiger partial charge in [-0.15, -0.1) is 0 Å². The third-order valence-corrected chi connectivity index (χ3v) is 6.63. The lowest BCUT2D eigenvalue weighted by molar-refractivity contribution is -0.135. The number of rotatable bonds is 5. The molecular formula is C25H27N5O5. The van der Waals surface area contributed by atoms with Crippen molar-refractivity contribution in [2.24, 2.45) is 5.92 Å². The fraction of sp³-hybridized carbons (Fsp3) is 0.400. The number of nitrogens with one attached hydrogen (secondary N) is 2. The largest absolute Gasteiger partial charge is 0.453 e. The van der Waals surface area contributed by atoms with Crippen molar-refractivity contribution in [1.29, 1.82) is 5.26 Å². The van der Waals surface area contributed by atoms with Crippen molar-refractivity contribution >= 4 is 29.3 Å². The van der Waals surface area contributed by atoms with E-state index in [0.717, 1.165) is 5.56 Å². The van der Waals surface area contributed by atoms with E-state index in [0.29, 0.717) is 12.1 Å². The van der Waals surface area contributed by atoms with Gasteiger partial charge in [-0.3, -0.25) is 19.7 Å². The zero-order valence-corrected chi connectivity index (χ0v) is 19.8. The predicted octanol–water partition coefficient (Wildman–Crippen LogP) is 2.63. The third kappa shape index (κ3) is 4.14. The van der Waals surface area contributed by atoms with E-state index in [4.69, 9.17) is 0 Å². The fourth-order valence-electron chi connectivity index (χ4n) is 4.97. The van der Waals surface area contributed by atoms with E-state index in [9.17, 15) is 24.4 Å². The molecule has 2 aliphatic rings. The van der Waals surface area contributed by atoms with Gasteiger partial charge in [0.05, 0.1) is 18.6 Å². The molecule has 1 aromatic carbocycles. The van der Waals surface area contributed by atoms with Crippen LogP contribution < -0.4 is 16.2 Å². The molecule has 4 rings (SSSR count). The first-order valence-electron chi connectivity index (χ1n) is 11.4. The van der Waals surface area contributed by atoms with Crippen molar-refractivity contribution in [3.8, 4) is 6.07 Å². The van der Waals surface area contributed by atoms with E-state index >= 15 is 0 Å². The minimum absolute atomic E-state index is 0.0280. The summed E-state index contributed by atoms with van der Waals surface area (Å²) in [4.78, 5) is 53.2. The first-order valence-corrected chi connectivity index (χ1v) is 11.4. The Labute approximate surface area is 202 Å². The zero-order valence-electron chi connectivity index (χ0n) is 19.8. The summed E-state index contributed by atoms with van der Waals surface area (Å²) in [7, 11) is 1.18.